The molecule has 0 saturated carbocycles. The molecule has 0 aliphatic carbocycles. The number of carbonyl (C=O) groups is 1. The van der Waals surface area contributed by atoms with E-state index in [9.17, 15) is 4.79 Å². The number of aromatic nitrogens is 1. The van der Waals surface area contributed by atoms with E-state index in [1.54, 1.807) is 0 Å². The minimum atomic E-state index is 0.0175. The van der Waals surface area contributed by atoms with Crippen LogP contribution in [-0.2, 0) is 11.3 Å². The lowest BCUT2D eigenvalue weighted by atomic mass is 10.2. The highest BCUT2D eigenvalue weighted by atomic mass is 16.2. The van der Waals surface area contributed by atoms with Gasteiger partial charge in [0.15, 0.2) is 0 Å². The topological polar surface area (TPSA) is 57.3 Å². The number of likely N-dealkylation sites (N-methyl/N-ethyl adjacent to an activating group) is 2. The molecule has 0 aromatic carbocycles. The molecule has 0 spiro atoms. The predicted octanol–water partition coefficient (Wildman–Crippen LogP) is 1.71. The summed E-state index contributed by atoms with van der Waals surface area (Å²) in [7, 11) is 1.89. The maximum Gasteiger partial charge on any atom is 0.239 e. The molecule has 5 heteroatoms. The molecule has 0 fully saturated rings. The van der Waals surface area contributed by atoms with E-state index < -0.39 is 0 Å². The summed E-state index contributed by atoms with van der Waals surface area (Å²) in [5, 5.41) is 6.21. The Morgan fingerprint density at radius 1 is 1.43 bits per heavy atom. The summed E-state index contributed by atoms with van der Waals surface area (Å²) in [6.45, 7) is 11.1. The zero-order valence-corrected chi connectivity index (χ0v) is 13.9. The second kappa shape index (κ2) is 8.62. The van der Waals surface area contributed by atoms with E-state index in [0.717, 1.165) is 24.5 Å². The Labute approximate surface area is 128 Å². The van der Waals surface area contributed by atoms with E-state index in [1.807, 2.05) is 32.0 Å². The Balaban J connectivity index is 2.62. The number of anilines is 1. The van der Waals surface area contributed by atoms with Crippen molar-refractivity contribution in [2.75, 3.05) is 31.6 Å². The van der Waals surface area contributed by atoms with Crippen molar-refractivity contribution in [2.45, 2.75) is 34.2 Å². The molecule has 118 valence electrons. The van der Waals surface area contributed by atoms with Gasteiger partial charge in [-0.1, -0.05) is 13.8 Å². The second-order valence-corrected chi connectivity index (χ2v) is 5.82. The lowest BCUT2D eigenvalue weighted by Crippen LogP contribution is -2.35. The quantitative estimate of drug-likeness (QED) is 0.766. The van der Waals surface area contributed by atoms with Gasteiger partial charge < -0.3 is 15.5 Å². The van der Waals surface area contributed by atoms with Crippen LogP contribution >= 0.6 is 0 Å². The molecule has 2 N–H and O–H groups in total. The van der Waals surface area contributed by atoms with Crippen LogP contribution in [0.15, 0.2) is 12.3 Å². The van der Waals surface area contributed by atoms with Gasteiger partial charge in [0.2, 0.25) is 5.91 Å². The van der Waals surface area contributed by atoms with Crippen LogP contribution in [0.5, 0.6) is 0 Å². The fourth-order valence-corrected chi connectivity index (χ4v) is 2.17. The Morgan fingerprint density at radius 3 is 2.71 bits per heavy atom. The lowest BCUT2D eigenvalue weighted by molar-refractivity contribution is -0.119. The first-order valence-electron chi connectivity index (χ1n) is 7.58. The number of hydrogen-bond acceptors (Lipinski definition) is 4. The largest absolute Gasteiger partial charge is 0.355 e. The van der Waals surface area contributed by atoms with Crippen LogP contribution in [0, 0.1) is 12.8 Å². The number of hydrogen-bond donors (Lipinski definition) is 2. The lowest BCUT2D eigenvalue weighted by Gasteiger charge is -2.20. The second-order valence-electron chi connectivity index (χ2n) is 5.82. The van der Waals surface area contributed by atoms with Crippen LogP contribution in [0.25, 0.3) is 0 Å². The minimum Gasteiger partial charge on any atom is -0.355 e. The third-order valence-corrected chi connectivity index (χ3v) is 3.11. The van der Waals surface area contributed by atoms with E-state index in [1.165, 1.54) is 5.56 Å². The summed E-state index contributed by atoms with van der Waals surface area (Å²) >= 11 is 0. The van der Waals surface area contributed by atoms with Crippen molar-refractivity contribution >= 4 is 11.7 Å². The Hall–Kier alpha value is -1.62. The number of nitrogens with one attached hydrogen (secondary N) is 2. The monoisotopic (exact) mass is 292 g/mol. The Bertz CT molecular complexity index is 460. The van der Waals surface area contributed by atoms with Crippen LogP contribution in [0.2, 0.25) is 0 Å². The average Bonchev–Trinajstić information content (AvgIpc) is 2.38. The molecule has 0 aliphatic heterocycles. The summed E-state index contributed by atoms with van der Waals surface area (Å²) in [5.74, 6) is 1.51. The Kier molecular flexibility index (Phi) is 7.15. The molecule has 0 aliphatic rings. The maximum absolute atomic E-state index is 11.6. The third kappa shape index (κ3) is 6.12. The average molecular weight is 292 g/mol. The molecule has 1 heterocycles. The van der Waals surface area contributed by atoms with Gasteiger partial charge in [-0.3, -0.25) is 4.79 Å². The highest BCUT2D eigenvalue weighted by Gasteiger charge is 2.10. The molecule has 0 bridgehead atoms. The number of pyridine rings is 1. The van der Waals surface area contributed by atoms with Gasteiger partial charge in [0.25, 0.3) is 0 Å². The van der Waals surface area contributed by atoms with Gasteiger partial charge in [-0.15, -0.1) is 0 Å². The van der Waals surface area contributed by atoms with Gasteiger partial charge in [0, 0.05) is 26.3 Å². The first-order chi connectivity index (χ1) is 9.93. The molecule has 0 atom stereocenters. The van der Waals surface area contributed by atoms with Crippen LogP contribution < -0.4 is 15.5 Å². The number of amides is 1. The molecule has 1 amide bonds. The molecule has 1 rings (SSSR count). The zero-order valence-electron chi connectivity index (χ0n) is 13.9. The van der Waals surface area contributed by atoms with Crippen molar-refractivity contribution in [1.29, 1.82) is 0 Å². The van der Waals surface area contributed by atoms with Gasteiger partial charge in [0.1, 0.15) is 5.82 Å². The zero-order chi connectivity index (χ0) is 15.8. The van der Waals surface area contributed by atoms with E-state index in [0.29, 0.717) is 19.0 Å². The number of nitrogens with zero attached hydrogens (tertiary/aromatic N) is 2. The smallest absolute Gasteiger partial charge is 0.239 e. The molecule has 21 heavy (non-hydrogen) atoms. The molecule has 0 unspecified atom stereocenters. The van der Waals surface area contributed by atoms with Crippen LogP contribution in [0.4, 0.5) is 5.82 Å². The van der Waals surface area contributed by atoms with Crippen molar-refractivity contribution < 1.29 is 4.79 Å². The molecule has 0 saturated heterocycles. The van der Waals surface area contributed by atoms with Crippen molar-refractivity contribution in [2.24, 2.45) is 5.92 Å². The summed E-state index contributed by atoms with van der Waals surface area (Å²) in [5.41, 5.74) is 2.26. The maximum atomic E-state index is 11.6. The predicted molar refractivity (Wildman–Crippen MR) is 87.5 cm³/mol. The van der Waals surface area contributed by atoms with Gasteiger partial charge >= 0.3 is 0 Å². The fraction of sp³-hybridized carbons (Fsp3) is 0.625. The van der Waals surface area contributed by atoms with Gasteiger partial charge in [-0.2, -0.15) is 0 Å². The van der Waals surface area contributed by atoms with Crippen molar-refractivity contribution in [1.82, 2.24) is 15.6 Å². The summed E-state index contributed by atoms with van der Waals surface area (Å²) in [6, 6.07) is 2.13. The first-order valence-corrected chi connectivity index (χ1v) is 7.58. The summed E-state index contributed by atoms with van der Waals surface area (Å²) < 4.78 is 0. The fourth-order valence-electron chi connectivity index (χ4n) is 2.17. The molecular weight excluding hydrogens is 264 g/mol. The van der Waals surface area contributed by atoms with Crippen LogP contribution in [-0.4, -0.2) is 37.6 Å². The van der Waals surface area contributed by atoms with E-state index in [-0.39, 0.29) is 5.91 Å². The van der Waals surface area contributed by atoms with E-state index in [4.69, 9.17) is 0 Å². The van der Waals surface area contributed by atoms with Gasteiger partial charge in [0.05, 0.1) is 6.54 Å². The van der Waals surface area contributed by atoms with E-state index in [2.05, 4.69) is 35.5 Å². The van der Waals surface area contributed by atoms with Crippen molar-refractivity contribution in [3.05, 3.63) is 23.4 Å². The molecule has 1 aromatic rings. The van der Waals surface area contributed by atoms with Crippen LogP contribution in [0.1, 0.15) is 31.9 Å². The minimum absolute atomic E-state index is 0.0175. The number of aryl methyl sites for hydroxylation is 1. The normalized spacial score (nSPS) is 10.8. The van der Waals surface area contributed by atoms with Crippen molar-refractivity contribution in [3.8, 4) is 0 Å². The summed E-state index contributed by atoms with van der Waals surface area (Å²) in [6.07, 6.45) is 1.88. The molecule has 0 radical (unpaired) electrons. The number of rotatable bonds is 8. The highest BCUT2D eigenvalue weighted by Crippen LogP contribution is 2.16. The van der Waals surface area contributed by atoms with Crippen LogP contribution in [0.3, 0.4) is 0 Å². The molecular formula is C16H28N4O. The van der Waals surface area contributed by atoms with Crippen molar-refractivity contribution in [3.63, 3.8) is 0 Å². The first kappa shape index (κ1) is 17.4. The Morgan fingerprint density at radius 2 is 2.14 bits per heavy atom. The molecule has 1 aromatic heterocycles. The summed E-state index contributed by atoms with van der Waals surface area (Å²) in [4.78, 5) is 18.0. The third-order valence-electron chi connectivity index (χ3n) is 3.11. The SMILES string of the molecule is CCNC(=O)CN(C)c1ncc(CNCC(C)C)cc1C. The van der Waals surface area contributed by atoms with E-state index >= 15 is 0 Å². The highest BCUT2D eigenvalue weighted by molar-refractivity contribution is 5.81. The standard InChI is InChI=1S/C16H28N4O/c1-6-18-15(21)11-20(5)16-13(4)7-14(10-19-16)9-17-8-12(2)3/h7,10,12,17H,6,8-9,11H2,1-5H3,(H,18,21). The number of carbonyl (C=O) groups excluding carboxylic acids is 1. The molecule has 5 nitrogen and oxygen atoms in total. The van der Waals surface area contributed by atoms with Gasteiger partial charge in [-0.05, 0) is 43.5 Å². The van der Waals surface area contributed by atoms with Gasteiger partial charge in [-0.25, -0.2) is 4.98 Å².